The molecule has 1 aromatic rings. The highest BCUT2D eigenvalue weighted by Gasteiger charge is 2.33. The van der Waals surface area contributed by atoms with Crippen molar-refractivity contribution < 1.29 is 24.5 Å². The van der Waals surface area contributed by atoms with Gasteiger partial charge in [0.15, 0.2) is 0 Å². The first-order valence-electron chi connectivity index (χ1n) is 9.79. The summed E-state index contributed by atoms with van der Waals surface area (Å²) in [6, 6.07) is 1.97. The minimum Gasteiger partial charge on any atom is -0.481 e. The fourth-order valence-corrected chi connectivity index (χ4v) is 3.38. The first kappa shape index (κ1) is 21.5. The topological polar surface area (TPSA) is 90.9 Å². The maximum Gasteiger partial charge on any atom is 0.303 e. The Balaban J connectivity index is 1.95. The molecule has 4 atom stereocenters. The molecule has 0 aromatic carbocycles. The van der Waals surface area contributed by atoms with Gasteiger partial charge in [-0.25, -0.2) is 0 Å². The molecule has 0 bridgehead atoms. The van der Waals surface area contributed by atoms with E-state index < -0.39 is 18.2 Å². The Labute approximate surface area is 161 Å². The van der Waals surface area contributed by atoms with Gasteiger partial charge in [-0.15, -0.1) is 0 Å². The highest BCUT2D eigenvalue weighted by molar-refractivity contribution is 5.66. The first-order chi connectivity index (χ1) is 12.8. The van der Waals surface area contributed by atoms with Crippen LogP contribution in [0.15, 0.2) is 34.3 Å². The average Bonchev–Trinajstić information content (AvgIpc) is 3.10. The number of fused-ring (bicyclic) bond motifs is 1. The summed E-state index contributed by atoms with van der Waals surface area (Å²) in [6.07, 6.45) is 8.28. The van der Waals surface area contributed by atoms with Gasteiger partial charge in [0.1, 0.15) is 11.5 Å². The van der Waals surface area contributed by atoms with Crippen LogP contribution in [-0.4, -0.2) is 33.5 Å². The largest absolute Gasteiger partial charge is 0.481 e. The predicted molar refractivity (Wildman–Crippen MR) is 105 cm³/mol. The number of aliphatic hydroxyl groups excluding tert-OH is 2. The summed E-state index contributed by atoms with van der Waals surface area (Å²) in [7, 11) is 0. The van der Waals surface area contributed by atoms with E-state index in [9.17, 15) is 15.0 Å². The van der Waals surface area contributed by atoms with Crippen molar-refractivity contribution in [1.82, 2.24) is 0 Å². The monoisotopic (exact) mass is 376 g/mol. The van der Waals surface area contributed by atoms with Crippen LogP contribution in [0, 0.1) is 5.92 Å². The van der Waals surface area contributed by atoms with Crippen LogP contribution >= 0.6 is 0 Å². The maximum atomic E-state index is 10.6. The van der Waals surface area contributed by atoms with E-state index in [1.807, 2.05) is 32.9 Å². The third kappa shape index (κ3) is 6.36. The van der Waals surface area contributed by atoms with Gasteiger partial charge in [0, 0.05) is 30.7 Å². The summed E-state index contributed by atoms with van der Waals surface area (Å²) < 4.78 is 5.84. The lowest BCUT2D eigenvalue weighted by atomic mass is 9.95. The molecule has 0 amide bonds. The number of aliphatic hydroxyl groups is 2. The molecule has 1 aliphatic rings. The molecule has 1 heterocycles. The van der Waals surface area contributed by atoms with Crippen molar-refractivity contribution in [2.24, 2.45) is 5.92 Å². The normalized spacial score (nSPS) is 21.2. The molecule has 0 saturated heterocycles. The van der Waals surface area contributed by atoms with Crippen molar-refractivity contribution in [1.29, 1.82) is 0 Å². The summed E-state index contributed by atoms with van der Waals surface area (Å²) >= 11 is 0. The van der Waals surface area contributed by atoms with Gasteiger partial charge in [-0.2, -0.15) is 0 Å². The quantitative estimate of drug-likeness (QED) is 0.424. The molecule has 5 heteroatoms. The number of aliphatic carboxylic acids is 1. The number of hydrogen-bond donors (Lipinski definition) is 3. The molecular weight excluding hydrogens is 344 g/mol. The third-order valence-electron chi connectivity index (χ3n) is 5.12. The lowest BCUT2D eigenvalue weighted by Gasteiger charge is -2.16. The third-order valence-corrected chi connectivity index (χ3v) is 5.12. The Bertz CT molecular complexity index is 681. The number of carboxylic acids is 1. The summed E-state index contributed by atoms with van der Waals surface area (Å²) in [6.45, 7) is 6.10. The number of unbranched alkanes of at least 4 members (excludes halogenated alkanes) is 1. The Hall–Kier alpha value is -1.85. The molecule has 3 N–H and O–H groups in total. The van der Waals surface area contributed by atoms with E-state index in [1.54, 1.807) is 6.08 Å². The van der Waals surface area contributed by atoms with Crippen LogP contribution in [0.2, 0.25) is 0 Å². The van der Waals surface area contributed by atoms with E-state index in [0.29, 0.717) is 19.3 Å². The number of carbonyl (C=O) groups is 1. The molecule has 1 unspecified atom stereocenters. The number of rotatable bonds is 10. The summed E-state index contributed by atoms with van der Waals surface area (Å²) in [4.78, 5) is 10.6. The molecule has 27 heavy (non-hydrogen) atoms. The number of carboxylic acid groups (broad SMARTS) is 1. The van der Waals surface area contributed by atoms with Crippen LogP contribution in [-0.2, 0) is 17.6 Å². The molecule has 150 valence electrons. The van der Waals surface area contributed by atoms with Crippen molar-refractivity contribution in [3.05, 3.63) is 47.0 Å². The van der Waals surface area contributed by atoms with Gasteiger partial charge < -0.3 is 19.7 Å². The number of allylic oxidation sites excluding steroid dienone is 2. The highest BCUT2D eigenvalue weighted by Crippen LogP contribution is 2.37. The van der Waals surface area contributed by atoms with E-state index in [2.05, 4.69) is 6.08 Å². The number of furan rings is 1. The van der Waals surface area contributed by atoms with Gasteiger partial charge in [0.05, 0.1) is 12.2 Å². The molecule has 5 nitrogen and oxygen atoms in total. The van der Waals surface area contributed by atoms with Crippen molar-refractivity contribution in [3.8, 4) is 0 Å². The Kier molecular flexibility index (Phi) is 7.87. The Morgan fingerprint density at radius 3 is 2.78 bits per heavy atom. The van der Waals surface area contributed by atoms with E-state index in [1.165, 1.54) is 5.57 Å². The SMILES string of the molecule is CC(C)=CCC(C)[C@H](O)/C=C/[C@@H]1c2cc(CCCCC(=O)O)oc2C[C@H]1O. The second-order valence-corrected chi connectivity index (χ2v) is 7.86. The lowest BCUT2D eigenvalue weighted by molar-refractivity contribution is -0.137. The minimum absolute atomic E-state index is 0.114. The fourth-order valence-electron chi connectivity index (χ4n) is 3.38. The molecule has 0 radical (unpaired) electrons. The second kappa shape index (κ2) is 9.90. The zero-order chi connectivity index (χ0) is 20.0. The molecule has 1 aliphatic carbocycles. The zero-order valence-electron chi connectivity index (χ0n) is 16.5. The van der Waals surface area contributed by atoms with Crippen molar-refractivity contribution in [2.75, 3.05) is 0 Å². The molecular formula is C22H32O5. The van der Waals surface area contributed by atoms with Crippen LogP contribution in [0.5, 0.6) is 0 Å². The van der Waals surface area contributed by atoms with Crippen LogP contribution in [0.1, 0.15) is 69.5 Å². The van der Waals surface area contributed by atoms with Gasteiger partial charge in [-0.1, -0.05) is 30.7 Å². The molecule has 2 rings (SSSR count). The van der Waals surface area contributed by atoms with Gasteiger partial charge in [-0.05, 0) is 45.1 Å². The van der Waals surface area contributed by atoms with E-state index >= 15 is 0 Å². The second-order valence-electron chi connectivity index (χ2n) is 7.86. The maximum absolute atomic E-state index is 10.6. The van der Waals surface area contributed by atoms with Crippen molar-refractivity contribution >= 4 is 5.97 Å². The van der Waals surface area contributed by atoms with Crippen LogP contribution in [0.3, 0.4) is 0 Å². The molecule has 1 aromatic heterocycles. The molecule has 0 saturated carbocycles. The summed E-state index contributed by atoms with van der Waals surface area (Å²) in [5.74, 6) is 0.818. The summed E-state index contributed by atoms with van der Waals surface area (Å²) in [5, 5.41) is 29.4. The average molecular weight is 376 g/mol. The van der Waals surface area contributed by atoms with Crippen LogP contribution in [0.25, 0.3) is 0 Å². The van der Waals surface area contributed by atoms with E-state index in [4.69, 9.17) is 9.52 Å². The van der Waals surface area contributed by atoms with Gasteiger partial charge >= 0.3 is 5.97 Å². The Morgan fingerprint density at radius 2 is 2.11 bits per heavy atom. The standard InChI is InChI=1S/C22H32O5/c1-14(2)8-9-15(3)19(23)11-10-17-18-12-16(6-4-5-7-22(25)26)27-21(18)13-20(17)24/h8,10-12,15,17,19-20,23-24H,4-7,9,13H2,1-3H3,(H,25,26)/b11-10+/t15?,17-,19-,20-/m1/s1. The zero-order valence-corrected chi connectivity index (χ0v) is 16.5. The molecule has 0 fully saturated rings. The van der Waals surface area contributed by atoms with E-state index in [0.717, 1.165) is 29.9 Å². The van der Waals surface area contributed by atoms with Crippen LogP contribution in [0.4, 0.5) is 0 Å². The van der Waals surface area contributed by atoms with Crippen molar-refractivity contribution in [2.45, 2.75) is 77.4 Å². The highest BCUT2D eigenvalue weighted by atomic mass is 16.4. The van der Waals surface area contributed by atoms with Gasteiger partial charge in [-0.3, -0.25) is 4.79 Å². The predicted octanol–water partition coefficient (Wildman–Crippen LogP) is 3.99. The minimum atomic E-state index is -0.775. The first-order valence-corrected chi connectivity index (χ1v) is 9.79. The lowest BCUT2D eigenvalue weighted by Crippen LogP contribution is -2.16. The fraction of sp³-hybridized carbons (Fsp3) is 0.591. The number of hydrogen-bond acceptors (Lipinski definition) is 4. The Morgan fingerprint density at radius 1 is 1.37 bits per heavy atom. The number of aryl methyl sites for hydroxylation is 1. The van der Waals surface area contributed by atoms with E-state index in [-0.39, 0.29) is 18.3 Å². The van der Waals surface area contributed by atoms with Crippen LogP contribution < -0.4 is 0 Å². The molecule has 0 aliphatic heterocycles. The smallest absolute Gasteiger partial charge is 0.303 e. The van der Waals surface area contributed by atoms with Crippen molar-refractivity contribution in [3.63, 3.8) is 0 Å². The van der Waals surface area contributed by atoms with Gasteiger partial charge in [0.25, 0.3) is 0 Å². The molecule has 0 spiro atoms. The van der Waals surface area contributed by atoms with Gasteiger partial charge in [0.2, 0.25) is 0 Å². The summed E-state index contributed by atoms with van der Waals surface area (Å²) in [5.41, 5.74) is 2.22.